The van der Waals surface area contributed by atoms with Gasteiger partial charge in [0.2, 0.25) is 0 Å². The summed E-state index contributed by atoms with van der Waals surface area (Å²) in [5.74, 6) is 1.38. The smallest absolute Gasteiger partial charge is 0.193 e. The van der Waals surface area contributed by atoms with Gasteiger partial charge in [0.1, 0.15) is 11.9 Å². The van der Waals surface area contributed by atoms with E-state index in [-0.39, 0.29) is 6.10 Å². The van der Waals surface area contributed by atoms with E-state index in [1.807, 2.05) is 24.3 Å². The predicted octanol–water partition coefficient (Wildman–Crippen LogP) is 3.03. The molecule has 3 N–H and O–H groups in total. The lowest BCUT2D eigenvalue weighted by Gasteiger charge is -2.10. The number of para-hydroxylation sites is 1. The highest BCUT2D eigenvalue weighted by Crippen LogP contribution is 2.28. The van der Waals surface area contributed by atoms with Crippen molar-refractivity contribution in [1.29, 1.82) is 0 Å². The van der Waals surface area contributed by atoms with E-state index in [0.29, 0.717) is 12.5 Å². The van der Waals surface area contributed by atoms with E-state index >= 15 is 0 Å². The van der Waals surface area contributed by atoms with Crippen molar-refractivity contribution < 1.29 is 4.74 Å². The standard InChI is InChI=1S/C18H21N3O/c1-12-7-8-15(9-13(12)2)21-18(19)20-11-16-10-14-5-3-4-6-17(14)22-16/h3-9,16H,10-11H2,1-2H3,(H3,19,20,21). The van der Waals surface area contributed by atoms with Crippen molar-refractivity contribution in [2.75, 3.05) is 11.9 Å². The number of hydrogen-bond acceptors (Lipinski definition) is 2. The number of hydrogen-bond donors (Lipinski definition) is 2. The monoisotopic (exact) mass is 295 g/mol. The zero-order chi connectivity index (χ0) is 15.5. The summed E-state index contributed by atoms with van der Waals surface area (Å²) in [6.45, 7) is 4.72. The van der Waals surface area contributed by atoms with Gasteiger partial charge in [-0.1, -0.05) is 24.3 Å². The fourth-order valence-corrected chi connectivity index (χ4v) is 2.56. The largest absolute Gasteiger partial charge is 0.488 e. The third kappa shape index (κ3) is 3.22. The van der Waals surface area contributed by atoms with Crippen molar-refractivity contribution in [1.82, 2.24) is 0 Å². The first-order valence-electron chi connectivity index (χ1n) is 7.50. The Balaban J connectivity index is 1.58. The quantitative estimate of drug-likeness (QED) is 0.676. The minimum Gasteiger partial charge on any atom is -0.488 e. The minimum absolute atomic E-state index is 0.0671. The molecule has 1 atom stereocenters. The van der Waals surface area contributed by atoms with E-state index in [9.17, 15) is 0 Å². The third-order valence-corrected chi connectivity index (χ3v) is 3.96. The summed E-state index contributed by atoms with van der Waals surface area (Å²) < 4.78 is 5.85. The van der Waals surface area contributed by atoms with Crippen molar-refractivity contribution in [3.8, 4) is 5.75 Å². The molecule has 2 aromatic carbocycles. The first-order chi connectivity index (χ1) is 10.6. The molecule has 22 heavy (non-hydrogen) atoms. The lowest BCUT2D eigenvalue weighted by molar-refractivity contribution is 0.242. The van der Waals surface area contributed by atoms with Crippen LogP contribution in [0.15, 0.2) is 47.5 Å². The highest BCUT2D eigenvalue weighted by Gasteiger charge is 2.21. The summed E-state index contributed by atoms with van der Waals surface area (Å²) in [6, 6.07) is 14.3. The van der Waals surface area contributed by atoms with Crippen LogP contribution in [0.3, 0.4) is 0 Å². The van der Waals surface area contributed by atoms with Crippen LogP contribution >= 0.6 is 0 Å². The fraction of sp³-hybridized carbons (Fsp3) is 0.278. The number of nitrogens with two attached hydrogens (primary N) is 1. The van der Waals surface area contributed by atoms with Crippen LogP contribution in [0.25, 0.3) is 0 Å². The van der Waals surface area contributed by atoms with Gasteiger partial charge in [0, 0.05) is 12.1 Å². The molecule has 3 rings (SSSR count). The lowest BCUT2D eigenvalue weighted by atomic mass is 10.1. The number of fused-ring (bicyclic) bond motifs is 1. The Morgan fingerprint density at radius 1 is 1.23 bits per heavy atom. The molecule has 4 nitrogen and oxygen atoms in total. The van der Waals surface area contributed by atoms with Gasteiger partial charge < -0.3 is 15.8 Å². The average molecular weight is 295 g/mol. The Kier molecular flexibility index (Phi) is 4.00. The topological polar surface area (TPSA) is 59.6 Å². The van der Waals surface area contributed by atoms with Gasteiger partial charge in [-0.25, -0.2) is 4.99 Å². The number of rotatable bonds is 3. The molecule has 2 aromatic rings. The van der Waals surface area contributed by atoms with Crippen molar-refractivity contribution in [3.63, 3.8) is 0 Å². The molecule has 114 valence electrons. The molecule has 1 aliphatic rings. The molecular weight excluding hydrogens is 274 g/mol. The van der Waals surface area contributed by atoms with Gasteiger partial charge in [-0.2, -0.15) is 0 Å². The molecule has 0 bridgehead atoms. The minimum atomic E-state index is 0.0671. The highest BCUT2D eigenvalue weighted by molar-refractivity contribution is 5.92. The molecule has 0 amide bonds. The third-order valence-electron chi connectivity index (χ3n) is 3.96. The number of benzene rings is 2. The summed E-state index contributed by atoms with van der Waals surface area (Å²) in [5.41, 5.74) is 10.6. The SMILES string of the molecule is Cc1ccc(NC(N)=NCC2Cc3ccccc3O2)cc1C. The van der Waals surface area contributed by atoms with Gasteiger partial charge >= 0.3 is 0 Å². The Morgan fingerprint density at radius 3 is 2.82 bits per heavy atom. The van der Waals surface area contributed by atoms with Crippen molar-refractivity contribution in [2.45, 2.75) is 26.4 Å². The Hall–Kier alpha value is -2.49. The summed E-state index contributed by atoms with van der Waals surface area (Å²) in [4.78, 5) is 4.39. The van der Waals surface area contributed by atoms with Gasteiger partial charge in [-0.05, 0) is 48.7 Å². The summed E-state index contributed by atoms with van der Waals surface area (Å²) in [6.07, 6.45) is 0.953. The fourth-order valence-electron chi connectivity index (χ4n) is 2.56. The van der Waals surface area contributed by atoms with Crippen LogP contribution in [0.5, 0.6) is 5.75 Å². The molecule has 0 saturated heterocycles. The van der Waals surface area contributed by atoms with Crippen molar-refractivity contribution in [2.24, 2.45) is 10.7 Å². The van der Waals surface area contributed by atoms with Crippen molar-refractivity contribution >= 4 is 11.6 Å². The van der Waals surface area contributed by atoms with Crippen LogP contribution < -0.4 is 15.8 Å². The Bertz CT molecular complexity index is 684. The van der Waals surface area contributed by atoms with Gasteiger partial charge in [-0.3, -0.25) is 0 Å². The summed E-state index contributed by atoms with van der Waals surface area (Å²) in [7, 11) is 0. The van der Waals surface area contributed by atoms with Crippen LogP contribution in [0.4, 0.5) is 5.69 Å². The second kappa shape index (κ2) is 6.10. The molecule has 0 spiro atoms. The predicted molar refractivity (Wildman–Crippen MR) is 90.6 cm³/mol. The molecule has 0 aliphatic carbocycles. The first-order valence-corrected chi connectivity index (χ1v) is 7.50. The molecule has 0 fully saturated rings. The zero-order valence-corrected chi connectivity index (χ0v) is 13.0. The average Bonchev–Trinajstić information content (AvgIpc) is 2.92. The number of aliphatic imine (C=N–C) groups is 1. The zero-order valence-electron chi connectivity index (χ0n) is 13.0. The van der Waals surface area contributed by atoms with Gasteiger partial charge in [0.15, 0.2) is 5.96 Å². The second-order valence-electron chi connectivity index (χ2n) is 5.70. The Morgan fingerprint density at radius 2 is 2.05 bits per heavy atom. The van der Waals surface area contributed by atoms with Crippen LogP contribution in [0.1, 0.15) is 16.7 Å². The number of anilines is 1. The van der Waals surface area contributed by atoms with Gasteiger partial charge in [-0.15, -0.1) is 0 Å². The maximum atomic E-state index is 5.96. The van der Waals surface area contributed by atoms with Gasteiger partial charge in [0.05, 0.1) is 6.54 Å². The van der Waals surface area contributed by atoms with Crippen molar-refractivity contribution in [3.05, 3.63) is 59.2 Å². The van der Waals surface area contributed by atoms with Crippen LogP contribution in [0.2, 0.25) is 0 Å². The number of ether oxygens (including phenoxy) is 1. The van der Waals surface area contributed by atoms with E-state index in [0.717, 1.165) is 17.9 Å². The summed E-state index contributed by atoms with van der Waals surface area (Å²) >= 11 is 0. The van der Waals surface area contributed by atoms with Crippen LogP contribution in [0, 0.1) is 13.8 Å². The van der Waals surface area contributed by atoms with Crippen LogP contribution in [-0.4, -0.2) is 18.6 Å². The number of nitrogens with one attached hydrogen (secondary N) is 1. The molecule has 1 heterocycles. The normalized spacial score (nSPS) is 17.0. The number of nitrogens with zero attached hydrogens (tertiary/aromatic N) is 1. The van der Waals surface area contributed by atoms with E-state index in [4.69, 9.17) is 10.5 Å². The molecule has 1 unspecified atom stereocenters. The Labute approximate surface area is 131 Å². The van der Waals surface area contributed by atoms with E-state index in [1.165, 1.54) is 16.7 Å². The van der Waals surface area contributed by atoms with E-state index < -0.39 is 0 Å². The maximum Gasteiger partial charge on any atom is 0.193 e. The highest BCUT2D eigenvalue weighted by atomic mass is 16.5. The number of aryl methyl sites for hydroxylation is 2. The lowest BCUT2D eigenvalue weighted by Crippen LogP contribution is -2.26. The van der Waals surface area contributed by atoms with Crippen LogP contribution in [-0.2, 0) is 6.42 Å². The van der Waals surface area contributed by atoms with E-state index in [2.05, 4.69) is 42.4 Å². The molecular formula is C18H21N3O. The van der Waals surface area contributed by atoms with E-state index in [1.54, 1.807) is 0 Å². The molecule has 0 saturated carbocycles. The first kappa shape index (κ1) is 14.4. The maximum absolute atomic E-state index is 5.96. The molecule has 0 aromatic heterocycles. The van der Waals surface area contributed by atoms with Gasteiger partial charge in [0.25, 0.3) is 0 Å². The molecule has 4 heteroatoms. The second-order valence-corrected chi connectivity index (χ2v) is 5.70. The summed E-state index contributed by atoms with van der Waals surface area (Å²) in [5, 5.41) is 3.13. The number of guanidine groups is 1. The molecule has 1 aliphatic heterocycles. The molecule has 0 radical (unpaired) electrons.